The minimum atomic E-state index is -0.673. The Hall–Kier alpha value is -3.26. The number of rotatable bonds is 9. The topological polar surface area (TPSA) is 93.7 Å². The van der Waals surface area contributed by atoms with Crippen molar-refractivity contribution in [2.45, 2.75) is 12.8 Å². The van der Waals surface area contributed by atoms with E-state index in [0.29, 0.717) is 37.9 Å². The molecule has 0 aliphatic carbocycles. The fourth-order valence-corrected chi connectivity index (χ4v) is 3.33. The molecular formula is C24H19Cl3N2O5. The number of anilines is 2. The van der Waals surface area contributed by atoms with E-state index in [9.17, 15) is 14.4 Å². The van der Waals surface area contributed by atoms with Gasteiger partial charge in [-0.05, 0) is 54.6 Å². The van der Waals surface area contributed by atoms with E-state index in [-0.39, 0.29) is 18.7 Å². The average molecular weight is 522 g/mol. The van der Waals surface area contributed by atoms with Crippen LogP contribution in [0, 0.1) is 0 Å². The summed E-state index contributed by atoms with van der Waals surface area (Å²) < 4.78 is 10.6. The smallest absolute Gasteiger partial charge is 0.306 e. The van der Waals surface area contributed by atoms with Gasteiger partial charge >= 0.3 is 5.97 Å². The van der Waals surface area contributed by atoms with Gasteiger partial charge in [-0.2, -0.15) is 0 Å². The summed E-state index contributed by atoms with van der Waals surface area (Å²) in [6.07, 6.45) is -0.287. The van der Waals surface area contributed by atoms with E-state index in [1.54, 1.807) is 66.7 Å². The third-order valence-corrected chi connectivity index (χ3v) is 5.19. The van der Waals surface area contributed by atoms with Crippen molar-refractivity contribution in [2.24, 2.45) is 0 Å². The molecule has 3 rings (SSSR count). The SMILES string of the molecule is O=C(CCC(=O)OCC(=O)Nc1ccccc1Cl)Nc1ccc(Oc2ccc(Cl)cc2Cl)cc1. The molecule has 3 aromatic carbocycles. The van der Waals surface area contributed by atoms with Gasteiger partial charge in [-0.25, -0.2) is 0 Å². The molecule has 0 unspecified atom stereocenters. The second kappa shape index (κ2) is 12.3. The number of carbonyl (C=O) groups excluding carboxylic acids is 3. The molecule has 0 bridgehead atoms. The summed E-state index contributed by atoms with van der Waals surface area (Å²) >= 11 is 17.9. The van der Waals surface area contributed by atoms with Crippen LogP contribution < -0.4 is 15.4 Å². The lowest BCUT2D eigenvalue weighted by Gasteiger charge is -2.10. The Morgan fingerprint density at radius 2 is 1.50 bits per heavy atom. The van der Waals surface area contributed by atoms with E-state index >= 15 is 0 Å². The van der Waals surface area contributed by atoms with Crippen molar-refractivity contribution in [1.82, 2.24) is 0 Å². The number of nitrogens with one attached hydrogen (secondary N) is 2. The number of ether oxygens (including phenoxy) is 2. The Morgan fingerprint density at radius 1 is 0.765 bits per heavy atom. The van der Waals surface area contributed by atoms with Crippen LogP contribution in [0.5, 0.6) is 11.5 Å². The van der Waals surface area contributed by atoms with Crippen LogP contribution >= 0.6 is 34.8 Å². The molecule has 0 saturated carbocycles. The molecule has 2 amide bonds. The highest BCUT2D eigenvalue weighted by atomic mass is 35.5. The maximum Gasteiger partial charge on any atom is 0.306 e. The van der Waals surface area contributed by atoms with E-state index in [2.05, 4.69) is 10.6 Å². The molecule has 0 aliphatic rings. The minimum absolute atomic E-state index is 0.108. The molecule has 0 spiro atoms. The predicted octanol–water partition coefficient (Wildman–Crippen LogP) is 6.34. The number of amides is 2. The van der Waals surface area contributed by atoms with Crippen molar-refractivity contribution in [2.75, 3.05) is 17.2 Å². The number of benzene rings is 3. The fraction of sp³-hybridized carbons (Fsp3) is 0.125. The first-order valence-corrected chi connectivity index (χ1v) is 11.2. The summed E-state index contributed by atoms with van der Waals surface area (Å²) in [7, 11) is 0. The summed E-state index contributed by atoms with van der Waals surface area (Å²) in [5, 5.41) is 6.45. The maximum absolute atomic E-state index is 12.1. The third-order valence-electron chi connectivity index (χ3n) is 4.33. The lowest BCUT2D eigenvalue weighted by Crippen LogP contribution is -2.22. The Morgan fingerprint density at radius 3 is 2.21 bits per heavy atom. The minimum Gasteiger partial charge on any atom is -0.456 e. The Labute approximate surface area is 210 Å². The van der Waals surface area contributed by atoms with Gasteiger partial charge in [0.25, 0.3) is 5.91 Å². The average Bonchev–Trinajstić information content (AvgIpc) is 2.81. The van der Waals surface area contributed by atoms with Gasteiger partial charge in [-0.1, -0.05) is 46.9 Å². The standard InChI is InChI=1S/C24H19Cl3N2O5/c25-15-5-10-21(19(27)13-15)34-17-8-6-16(7-9-17)28-22(30)11-12-24(32)33-14-23(31)29-20-4-2-1-3-18(20)26/h1-10,13H,11-12,14H2,(H,28,30)(H,29,31). The molecular weight excluding hydrogens is 503 g/mol. The van der Waals surface area contributed by atoms with Crippen LogP contribution in [0.4, 0.5) is 11.4 Å². The van der Waals surface area contributed by atoms with E-state index < -0.39 is 18.5 Å². The van der Waals surface area contributed by atoms with Crippen LogP contribution in [-0.2, 0) is 19.1 Å². The van der Waals surface area contributed by atoms with Gasteiger partial charge < -0.3 is 20.1 Å². The quantitative estimate of drug-likeness (QED) is 0.321. The van der Waals surface area contributed by atoms with Crippen LogP contribution in [0.3, 0.4) is 0 Å². The van der Waals surface area contributed by atoms with Crippen molar-refractivity contribution < 1.29 is 23.9 Å². The van der Waals surface area contributed by atoms with Gasteiger partial charge in [0.05, 0.1) is 22.2 Å². The first kappa shape index (κ1) is 25.4. The van der Waals surface area contributed by atoms with Crippen LogP contribution in [-0.4, -0.2) is 24.4 Å². The summed E-state index contributed by atoms with van der Waals surface area (Å²) in [6, 6.07) is 18.2. The van der Waals surface area contributed by atoms with Gasteiger partial charge in [0, 0.05) is 17.1 Å². The van der Waals surface area contributed by atoms with Gasteiger partial charge in [-0.15, -0.1) is 0 Å². The van der Waals surface area contributed by atoms with Crippen molar-refractivity contribution in [3.63, 3.8) is 0 Å². The summed E-state index contributed by atoms with van der Waals surface area (Å²) in [5.74, 6) is -0.629. The van der Waals surface area contributed by atoms with Crippen molar-refractivity contribution in [3.8, 4) is 11.5 Å². The van der Waals surface area contributed by atoms with Crippen LogP contribution in [0.25, 0.3) is 0 Å². The molecule has 0 fully saturated rings. The number of para-hydroxylation sites is 1. The Bertz CT molecular complexity index is 1190. The normalized spacial score (nSPS) is 10.3. The van der Waals surface area contributed by atoms with Gasteiger partial charge in [0.1, 0.15) is 11.5 Å². The molecule has 7 nitrogen and oxygen atoms in total. The zero-order chi connectivity index (χ0) is 24.5. The van der Waals surface area contributed by atoms with Crippen molar-refractivity contribution in [1.29, 1.82) is 0 Å². The first-order chi connectivity index (χ1) is 16.3. The van der Waals surface area contributed by atoms with E-state index in [1.807, 2.05) is 0 Å². The molecule has 0 heterocycles. The number of hydrogen-bond donors (Lipinski definition) is 2. The van der Waals surface area contributed by atoms with Crippen molar-refractivity contribution in [3.05, 3.63) is 81.8 Å². The van der Waals surface area contributed by atoms with Crippen molar-refractivity contribution >= 4 is 64.0 Å². The summed E-state index contributed by atoms with van der Waals surface area (Å²) in [6.45, 7) is -0.481. The predicted molar refractivity (Wildman–Crippen MR) is 132 cm³/mol. The molecule has 0 saturated heterocycles. The lowest BCUT2D eigenvalue weighted by molar-refractivity contribution is -0.147. The van der Waals surface area contributed by atoms with Crippen LogP contribution in [0.15, 0.2) is 66.7 Å². The summed E-state index contributed by atoms with van der Waals surface area (Å²) in [5.41, 5.74) is 0.935. The molecule has 0 radical (unpaired) electrons. The molecule has 3 aromatic rings. The van der Waals surface area contributed by atoms with Gasteiger partial charge in [0.15, 0.2) is 6.61 Å². The molecule has 176 valence electrons. The highest BCUT2D eigenvalue weighted by Gasteiger charge is 2.12. The van der Waals surface area contributed by atoms with E-state index in [4.69, 9.17) is 44.3 Å². The monoisotopic (exact) mass is 520 g/mol. The van der Waals surface area contributed by atoms with Gasteiger partial charge in [0.2, 0.25) is 5.91 Å². The molecule has 0 aromatic heterocycles. The van der Waals surface area contributed by atoms with Gasteiger partial charge in [-0.3, -0.25) is 14.4 Å². The van der Waals surface area contributed by atoms with Crippen LogP contribution in [0.1, 0.15) is 12.8 Å². The summed E-state index contributed by atoms with van der Waals surface area (Å²) in [4.78, 5) is 35.8. The lowest BCUT2D eigenvalue weighted by atomic mass is 10.2. The molecule has 0 aliphatic heterocycles. The fourth-order valence-electron chi connectivity index (χ4n) is 2.70. The highest BCUT2D eigenvalue weighted by molar-refractivity contribution is 6.35. The zero-order valence-corrected chi connectivity index (χ0v) is 19.9. The second-order valence-electron chi connectivity index (χ2n) is 6.94. The second-order valence-corrected chi connectivity index (χ2v) is 8.19. The molecule has 2 N–H and O–H groups in total. The maximum atomic E-state index is 12.1. The van der Waals surface area contributed by atoms with Crippen LogP contribution in [0.2, 0.25) is 15.1 Å². The number of carbonyl (C=O) groups is 3. The molecule has 10 heteroatoms. The largest absolute Gasteiger partial charge is 0.456 e. The number of hydrogen-bond acceptors (Lipinski definition) is 5. The number of halogens is 3. The molecule has 0 atom stereocenters. The van der Waals surface area contributed by atoms with E-state index in [1.165, 1.54) is 0 Å². The highest BCUT2D eigenvalue weighted by Crippen LogP contribution is 2.32. The first-order valence-electron chi connectivity index (χ1n) is 10.0. The molecule has 34 heavy (non-hydrogen) atoms. The number of esters is 1. The Kier molecular flexibility index (Phi) is 9.16. The third kappa shape index (κ3) is 7.95. The Balaban J connectivity index is 1.39. The zero-order valence-electron chi connectivity index (χ0n) is 17.6. The van der Waals surface area contributed by atoms with E-state index in [0.717, 1.165) is 0 Å².